The fraction of sp³-hybridized carbons (Fsp3) is 0.842. The smallest absolute Gasteiger partial charge is 0.235 e. The highest BCUT2D eigenvalue weighted by atomic mass is 16.5. The lowest BCUT2D eigenvalue weighted by molar-refractivity contribution is 0.0973. The predicted molar refractivity (Wildman–Crippen MR) is 96.8 cm³/mol. The van der Waals surface area contributed by atoms with Gasteiger partial charge in [-0.05, 0) is 54.4 Å². The number of ether oxygens (including phenoxy) is 1. The van der Waals surface area contributed by atoms with E-state index in [0.29, 0.717) is 5.54 Å². The van der Waals surface area contributed by atoms with E-state index in [4.69, 9.17) is 9.84 Å². The Labute approximate surface area is 145 Å². The van der Waals surface area contributed by atoms with Gasteiger partial charge in [0.25, 0.3) is 0 Å². The molecule has 1 aromatic rings. The Morgan fingerprint density at radius 1 is 1.08 bits per heavy atom. The van der Waals surface area contributed by atoms with Crippen LogP contribution in [0.5, 0.6) is 5.88 Å². The van der Waals surface area contributed by atoms with Crippen LogP contribution in [0.1, 0.15) is 60.8 Å². The van der Waals surface area contributed by atoms with Crippen LogP contribution in [0.2, 0.25) is 0 Å². The van der Waals surface area contributed by atoms with Crippen LogP contribution in [0.15, 0.2) is 6.07 Å². The number of hydrogen-bond acceptors (Lipinski definition) is 4. The third kappa shape index (κ3) is 2.61. The molecule has 2 aliphatic heterocycles. The molecular weight excluding hydrogens is 300 g/mol. The Kier molecular flexibility index (Phi) is 3.32. The zero-order valence-electron chi connectivity index (χ0n) is 16.1. The van der Waals surface area contributed by atoms with Crippen molar-refractivity contribution in [1.82, 2.24) is 14.7 Å². The first-order valence-electron chi connectivity index (χ1n) is 9.38. The highest BCUT2D eigenvalue weighted by Gasteiger charge is 2.57. The maximum absolute atomic E-state index is 6.33. The van der Waals surface area contributed by atoms with E-state index in [1.54, 1.807) is 0 Å². The minimum atomic E-state index is 0.125. The highest BCUT2D eigenvalue weighted by Crippen LogP contribution is 2.53. The minimum absolute atomic E-state index is 0.125. The van der Waals surface area contributed by atoms with Gasteiger partial charge in [0.15, 0.2) is 0 Å². The normalized spacial score (nSPS) is 26.2. The van der Waals surface area contributed by atoms with E-state index in [9.17, 15) is 0 Å². The zero-order valence-corrected chi connectivity index (χ0v) is 16.1. The molecule has 0 N–H and O–H groups in total. The molecule has 1 saturated heterocycles. The van der Waals surface area contributed by atoms with Crippen LogP contribution >= 0.6 is 0 Å². The molecule has 0 bridgehead atoms. The molecule has 1 unspecified atom stereocenters. The molecule has 1 aromatic heterocycles. The molecule has 1 aliphatic carbocycles. The standard InChI is InChI=1S/C19H32N4O/c1-17(2,3)21-9-10-22-16(21)11-15(20-22)24-14-12-19(7-8-19)23(13-14)18(4,5)6/h11,14H,7-10,12-13H2,1-6H3. The van der Waals surface area contributed by atoms with Crippen molar-refractivity contribution in [3.8, 4) is 5.88 Å². The molecule has 2 fully saturated rings. The summed E-state index contributed by atoms with van der Waals surface area (Å²) in [6.45, 7) is 16.7. The molecule has 1 saturated carbocycles. The van der Waals surface area contributed by atoms with E-state index in [2.05, 4.69) is 62.1 Å². The predicted octanol–water partition coefficient (Wildman–Crippen LogP) is 3.29. The van der Waals surface area contributed by atoms with Crippen molar-refractivity contribution in [2.45, 2.75) is 90.1 Å². The third-order valence-electron chi connectivity index (χ3n) is 5.85. The van der Waals surface area contributed by atoms with Gasteiger partial charge in [-0.2, -0.15) is 0 Å². The van der Waals surface area contributed by atoms with E-state index in [0.717, 1.165) is 31.9 Å². The molecule has 5 heteroatoms. The lowest BCUT2D eigenvalue weighted by Crippen LogP contribution is -2.46. The molecular formula is C19H32N4O. The fourth-order valence-corrected chi connectivity index (χ4v) is 4.66. The van der Waals surface area contributed by atoms with Gasteiger partial charge in [-0.3, -0.25) is 4.90 Å². The third-order valence-corrected chi connectivity index (χ3v) is 5.85. The van der Waals surface area contributed by atoms with Crippen LogP contribution in [0.3, 0.4) is 0 Å². The maximum Gasteiger partial charge on any atom is 0.235 e. The molecule has 0 amide bonds. The van der Waals surface area contributed by atoms with Gasteiger partial charge < -0.3 is 9.64 Å². The summed E-state index contributed by atoms with van der Waals surface area (Å²) in [5.74, 6) is 2.00. The summed E-state index contributed by atoms with van der Waals surface area (Å²) in [4.78, 5) is 5.08. The summed E-state index contributed by atoms with van der Waals surface area (Å²) in [7, 11) is 0. The minimum Gasteiger partial charge on any atom is -0.472 e. The van der Waals surface area contributed by atoms with E-state index < -0.39 is 0 Å². The maximum atomic E-state index is 6.33. The number of aromatic nitrogens is 2. The van der Waals surface area contributed by atoms with Gasteiger partial charge in [-0.1, -0.05) is 0 Å². The molecule has 3 heterocycles. The number of rotatable bonds is 2. The molecule has 0 radical (unpaired) electrons. The van der Waals surface area contributed by atoms with Crippen molar-refractivity contribution in [1.29, 1.82) is 0 Å². The Hall–Kier alpha value is -1.23. The average molecular weight is 332 g/mol. The molecule has 24 heavy (non-hydrogen) atoms. The summed E-state index contributed by atoms with van der Waals surface area (Å²) >= 11 is 0. The summed E-state index contributed by atoms with van der Waals surface area (Å²) in [5.41, 5.74) is 0.746. The van der Waals surface area contributed by atoms with Crippen molar-refractivity contribution in [2.75, 3.05) is 18.0 Å². The lowest BCUT2D eigenvalue weighted by Gasteiger charge is -2.37. The first-order valence-corrected chi connectivity index (χ1v) is 9.38. The first-order chi connectivity index (χ1) is 11.1. The summed E-state index contributed by atoms with van der Waals surface area (Å²) in [6, 6.07) is 2.14. The van der Waals surface area contributed by atoms with Crippen LogP contribution in [0, 0.1) is 0 Å². The molecule has 5 nitrogen and oxygen atoms in total. The van der Waals surface area contributed by atoms with Gasteiger partial charge in [-0.15, -0.1) is 5.10 Å². The Bertz CT molecular complexity index is 633. The first kappa shape index (κ1) is 16.2. The van der Waals surface area contributed by atoms with Gasteiger partial charge in [-0.25, -0.2) is 4.68 Å². The van der Waals surface area contributed by atoms with Gasteiger partial charge in [0.05, 0.1) is 6.54 Å². The van der Waals surface area contributed by atoms with Gasteiger partial charge in [0, 0.05) is 42.2 Å². The van der Waals surface area contributed by atoms with E-state index >= 15 is 0 Å². The van der Waals surface area contributed by atoms with Crippen molar-refractivity contribution < 1.29 is 4.74 Å². The number of fused-ring (bicyclic) bond motifs is 1. The number of nitrogens with zero attached hydrogens (tertiary/aromatic N) is 4. The second-order valence-corrected chi connectivity index (χ2v) is 9.84. The molecule has 134 valence electrons. The molecule has 1 atom stereocenters. The largest absolute Gasteiger partial charge is 0.472 e. The van der Waals surface area contributed by atoms with Crippen molar-refractivity contribution in [2.24, 2.45) is 0 Å². The summed E-state index contributed by atoms with van der Waals surface area (Å²) in [6.07, 6.45) is 4.06. The van der Waals surface area contributed by atoms with Gasteiger partial charge in [0.1, 0.15) is 11.9 Å². The number of hydrogen-bond donors (Lipinski definition) is 0. The zero-order chi connectivity index (χ0) is 17.3. The van der Waals surface area contributed by atoms with Crippen molar-refractivity contribution in [3.63, 3.8) is 0 Å². The quantitative estimate of drug-likeness (QED) is 0.832. The van der Waals surface area contributed by atoms with Crippen LogP contribution in [-0.2, 0) is 6.54 Å². The Balaban J connectivity index is 1.48. The van der Waals surface area contributed by atoms with E-state index in [1.807, 2.05) is 0 Å². The van der Waals surface area contributed by atoms with Gasteiger partial charge in [0.2, 0.25) is 5.88 Å². The van der Waals surface area contributed by atoms with E-state index in [-0.39, 0.29) is 17.2 Å². The Morgan fingerprint density at radius 2 is 1.79 bits per heavy atom. The summed E-state index contributed by atoms with van der Waals surface area (Å²) < 4.78 is 8.44. The lowest BCUT2D eigenvalue weighted by atomic mass is 10.0. The second kappa shape index (κ2) is 4.90. The van der Waals surface area contributed by atoms with Crippen LogP contribution in [-0.4, -0.2) is 50.5 Å². The second-order valence-electron chi connectivity index (χ2n) is 9.84. The average Bonchev–Trinajstić information content (AvgIpc) is 2.78. The molecule has 3 aliphatic rings. The Morgan fingerprint density at radius 3 is 2.33 bits per heavy atom. The summed E-state index contributed by atoms with van der Waals surface area (Å²) in [5, 5.41) is 4.71. The SMILES string of the molecule is CC(C)(C)N1CCn2nc(OC3CN(C(C)(C)C)C4(CC4)C3)cc21. The van der Waals surface area contributed by atoms with Crippen LogP contribution in [0.25, 0.3) is 0 Å². The number of anilines is 1. The molecule has 4 rings (SSSR count). The van der Waals surface area contributed by atoms with Crippen LogP contribution < -0.4 is 9.64 Å². The molecule has 0 aromatic carbocycles. The monoisotopic (exact) mass is 332 g/mol. The fourth-order valence-electron chi connectivity index (χ4n) is 4.66. The van der Waals surface area contributed by atoms with E-state index in [1.165, 1.54) is 18.7 Å². The topological polar surface area (TPSA) is 33.5 Å². The van der Waals surface area contributed by atoms with Gasteiger partial charge >= 0.3 is 0 Å². The van der Waals surface area contributed by atoms with Crippen molar-refractivity contribution >= 4 is 5.82 Å². The molecule has 1 spiro atoms. The van der Waals surface area contributed by atoms with Crippen LogP contribution in [0.4, 0.5) is 5.82 Å². The van der Waals surface area contributed by atoms with Crippen molar-refractivity contribution in [3.05, 3.63) is 6.07 Å². The number of likely N-dealkylation sites (tertiary alicyclic amines) is 1. The highest BCUT2D eigenvalue weighted by molar-refractivity contribution is 5.48.